The summed E-state index contributed by atoms with van der Waals surface area (Å²) in [6, 6.07) is 20.5. The van der Waals surface area contributed by atoms with Gasteiger partial charge in [0.1, 0.15) is 11.5 Å². The zero-order valence-corrected chi connectivity index (χ0v) is 34.0. The first-order valence-corrected chi connectivity index (χ1v) is 18.1. The van der Waals surface area contributed by atoms with Gasteiger partial charge in [0.15, 0.2) is 0 Å². The van der Waals surface area contributed by atoms with Crippen LogP contribution in [0.2, 0.25) is 0 Å². The molecule has 0 atom stereocenters. The Labute approximate surface area is 304 Å². The molecular formula is C47H72O2. The lowest BCUT2D eigenvalue weighted by Gasteiger charge is -2.21. The van der Waals surface area contributed by atoms with Crippen molar-refractivity contribution < 1.29 is 9.47 Å². The van der Waals surface area contributed by atoms with Crippen LogP contribution in [0.1, 0.15) is 107 Å². The quantitative estimate of drug-likeness (QED) is 0.185. The number of aryl methyl sites for hydroxylation is 2. The lowest BCUT2D eigenvalue weighted by Crippen LogP contribution is -2.06. The van der Waals surface area contributed by atoms with Crippen LogP contribution in [0, 0.1) is 19.8 Å². The molecule has 0 heterocycles. The van der Waals surface area contributed by atoms with E-state index in [2.05, 4.69) is 103 Å². The van der Waals surface area contributed by atoms with Crippen molar-refractivity contribution in [2.45, 2.75) is 109 Å². The summed E-state index contributed by atoms with van der Waals surface area (Å²) in [4.78, 5) is 0. The maximum atomic E-state index is 5.78. The average molecular weight is 669 g/mol. The van der Waals surface area contributed by atoms with Crippen LogP contribution >= 0.6 is 0 Å². The van der Waals surface area contributed by atoms with Gasteiger partial charge in [-0.05, 0) is 95.6 Å². The van der Waals surface area contributed by atoms with Crippen molar-refractivity contribution >= 4 is 0 Å². The molecular weight excluding hydrogens is 597 g/mol. The second kappa shape index (κ2) is 32.5. The van der Waals surface area contributed by atoms with E-state index in [1.807, 2.05) is 97.9 Å². The highest BCUT2D eigenvalue weighted by molar-refractivity contribution is 5.44. The summed E-state index contributed by atoms with van der Waals surface area (Å²) in [5.41, 5.74) is 9.56. The van der Waals surface area contributed by atoms with E-state index in [1.165, 1.54) is 27.8 Å². The monoisotopic (exact) mass is 669 g/mol. The van der Waals surface area contributed by atoms with Crippen molar-refractivity contribution in [2.24, 2.45) is 5.92 Å². The molecule has 2 heteroatoms. The van der Waals surface area contributed by atoms with Crippen LogP contribution in [0.4, 0.5) is 0 Å². The van der Waals surface area contributed by atoms with Gasteiger partial charge in [-0.3, -0.25) is 0 Å². The Morgan fingerprint density at radius 2 is 1.27 bits per heavy atom. The van der Waals surface area contributed by atoms with Crippen LogP contribution in [0.3, 0.4) is 0 Å². The number of rotatable bonds is 10. The first-order chi connectivity index (χ1) is 23.4. The van der Waals surface area contributed by atoms with Crippen molar-refractivity contribution in [3.8, 4) is 0 Å². The zero-order chi connectivity index (χ0) is 38.2. The molecule has 0 radical (unpaired) electrons. The molecule has 1 aliphatic carbocycles. The highest BCUT2D eigenvalue weighted by Crippen LogP contribution is 2.31. The molecule has 49 heavy (non-hydrogen) atoms. The summed E-state index contributed by atoms with van der Waals surface area (Å²) in [5, 5.41) is 0. The number of allylic oxidation sites excluding steroid dienone is 10. The molecule has 3 rings (SSSR count). The van der Waals surface area contributed by atoms with Crippen molar-refractivity contribution in [3.05, 3.63) is 167 Å². The van der Waals surface area contributed by atoms with Gasteiger partial charge in [0.2, 0.25) is 0 Å². The van der Waals surface area contributed by atoms with Crippen LogP contribution in [0.5, 0.6) is 0 Å². The van der Waals surface area contributed by atoms with Crippen molar-refractivity contribution in [1.29, 1.82) is 0 Å². The Bertz CT molecular complexity index is 1280. The van der Waals surface area contributed by atoms with E-state index in [0.29, 0.717) is 12.5 Å². The SMILES string of the molecule is C=C(C)/C=C(\OC)C(=C)/C(=C\C)CC.C=C(C)/C=C(\OCC)C1=C(C(C)C)C=CCC1.CC.CC.Cc1ccccc1.Cc1ccccc1. The zero-order valence-electron chi connectivity index (χ0n) is 34.0. The summed E-state index contributed by atoms with van der Waals surface area (Å²) < 4.78 is 11.0. The molecule has 2 nitrogen and oxygen atoms in total. The third kappa shape index (κ3) is 24.7. The Morgan fingerprint density at radius 3 is 1.57 bits per heavy atom. The minimum atomic E-state index is 0.538. The fourth-order valence-corrected chi connectivity index (χ4v) is 4.40. The van der Waals surface area contributed by atoms with Gasteiger partial charge in [-0.15, -0.1) is 0 Å². The molecule has 0 N–H and O–H groups in total. The fourth-order valence-electron chi connectivity index (χ4n) is 4.40. The number of benzene rings is 2. The van der Waals surface area contributed by atoms with Crippen LogP contribution in [-0.4, -0.2) is 13.7 Å². The van der Waals surface area contributed by atoms with E-state index >= 15 is 0 Å². The Balaban J connectivity index is -0.000000588. The van der Waals surface area contributed by atoms with Crippen LogP contribution < -0.4 is 0 Å². The number of methoxy groups -OCH3 is 1. The van der Waals surface area contributed by atoms with Gasteiger partial charge in [0, 0.05) is 5.57 Å². The number of hydrogen-bond donors (Lipinski definition) is 0. The predicted molar refractivity (Wildman–Crippen MR) is 223 cm³/mol. The summed E-state index contributed by atoms with van der Waals surface area (Å²) in [7, 11) is 1.66. The molecule has 0 aromatic heterocycles. The van der Waals surface area contributed by atoms with Gasteiger partial charge < -0.3 is 9.47 Å². The van der Waals surface area contributed by atoms with Crippen LogP contribution in [0.25, 0.3) is 0 Å². The largest absolute Gasteiger partial charge is 0.496 e. The molecule has 0 amide bonds. The maximum absolute atomic E-state index is 5.78. The lowest BCUT2D eigenvalue weighted by molar-refractivity contribution is 0.234. The normalized spacial score (nSPS) is 12.1. The third-order valence-electron chi connectivity index (χ3n) is 6.70. The number of ether oxygens (including phenoxy) is 2. The molecule has 2 aromatic carbocycles. The lowest BCUT2D eigenvalue weighted by atomic mass is 9.88. The summed E-state index contributed by atoms with van der Waals surface area (Å²) in [6.07, 6.45) is 13.7. The predicted octanol–water partition coefficient (Wildman–Crippen LogP) is 14.8. The molecule has 0 unspecified atom stereocenters. The van der Waals surface area contributed by atoms with Crippen molar-refractivity contribution in [1.82, 2.24) is 0 Å². The molecule has 1 aliphatic rings. The van der Waals surface area contributed by atoms with Crippen molar-refractivity contribution in [3.63, 3.8) is 0 Å². The second-order valence-corrected chi connectivity index (χ2v) is 11.3. The standard InChI is InChI=1S/C16H24O.C13H20O.2C7H8.2C2H6/c1-6-17-16(11-12(2)3)15-10-8-7-9-14(15)13(4)5;1-7-12(8-2)11(5)13(14-6)9-10(3)4;2*1-7-5-3-2-4-6-7;2*1-2/h7,9,11,13H,2,6,8,10H2,1,3-5H3;7,9H,3,5,8H2,1-2,4,6H3;2*2-6H,1H3;2*1-2H3/b16-11-;12-7-,13-9-;;;;. The number of hydrogen-bond acceptors (Lipinski definition) is 2. The molecule has 2 aromatic rings. The molecule has 0 aliphatic heterocycles. The third-order valence-corrected chi connectivity index (χ3v) is 6.70. The topological polar surface area (TPSA) is 18.5 Å². The molecule has 0 fully saturated rings. The fraction of sp³-hybridized carbons (Fsp3) is 0.404. The molecule has 0 spiro atoms. The minimum Gasteiger partial charge on any atom is -0.496 e. The van der Waals surface area contributed by atoms with E-state index in [9.17, 15) is 0 Å². The first-order valence-electron chi connectivity index (χ1n) is 18.1. The Kier molecular flexibility index (Phi) is 32.7. The Hall–Kier alpha value is -4.04. The first kappa shape index (κ1) is 49.3. The van der Waals surface area contributed by atoms with Gasteiger partial charge >= 0.3 is 0 Å². The smallest absolute Gasteiger partial charge is 0.125 e. The maximum Gasteiger partial charge on any atom is 0.125 e. The Morgan fingerprint density at radius 1 is 0.796 bits per heavy atom. The highest BCUT2D eigenvalue weighted by atomic mass is 16.5. The molecule has 0 saturated heterocycles. The summed E-state index contributed by atoms with van der Waals surface area (Å²) >= 11 is 0. The summed E-state index contributed by atoms with van der Waals surface area (Å²) in [5.74, 6) is 2.34. The van der Waals surface area contributed by atoms with Gasteiger partial charge in [-0.1, -0.05) is 169 Å². The van der Waals surface area contributed by atoms with Gasteiger partial charge in [-0.25, -0.2) is 0 Å². The van der Waals surface area contributed by atoms with Crippen LogP contribution in [-0.2, 0) is 9.47 Å². The van der Waals surface area contributed by atoms with E-state index in [1.54, 1.807) is 7.11 Å². The van der Waals surface area contributed by atoms with E-state index in [4.69, 9.17) is 9.47 Å². The van der Waals surface area contributed by atoms with Crippen LogP contribution in [0.15, 0.2) is 156 Å². The van der Waals surface area contributed by atoms with Gasteiger partial charge in [0.25, 0.3) is 0 Å². The van der Waals surface area contributed by atoms with Gasteiger partial charge in [0.05, 0.1) is 13.7 Å². The van der Waals surface area contributed by atoms with E-state index in [0.717, 1.165) is 47.5 Å². The average Bonchev–Trinajstić information content (AvgIpc) is 3.10. The van der Waals surface area contributed by atoms with E-state index < -0.39 is 0 Å². The van der Waals surface area contributed by atoms with E-state index in [-0.39, 0.29) is 0 Å². The minimum absolute atomic E-state index is 0.538. The second-order valence-electron chi connectivity index (χ2n) is 11.3. The highest BCUT2D eigenvalue weighted by Gasteiger charge is 2.16. The van der Waals surface area contributed by atoms with Gasteiger partial charge in [-0.2, -0.15) is 0 Å². The molecule has 272 valence electrons. The van der Waals surface area contributed by atoms with Crippen molar-refractivity contribution in [2.75, 3.05) is 13.7 Å². The summed E-state index contributed by atoms with van der Waals surface area (Å²) in [6.45, 7) is 39.2. The molecule has 0 saturated carbocycles. The molecule has 0 bridgehead atoms.